The Morgan fingerprint density at radius 1 is 1.07 bits per heavy atom. The molecule has 29 heavy (non-hydrogen) atoms. The minimum atomic E-state index is -0.491. The number of rotatable bonds is 3. The monoisotopic (exact) mass is 387 g/mol. The highest BCUT2D eigenvalue weighted by Crippen LogP contribution is 2.27. The van der Waals surface area contributed by atoms with Crippen molar-refractivity contribution in [1.29, 1.82) is 0 Å². The summed E-state index contributed by atoms with van der Waals surface area (Å²) < 4.78 is 15.7. The van der Waals surface area contributed by atoms with E-state index >= 15 is 0 Å². The Morgan fingerprint density at radius 3 is 2.79 bits per heavy atom. The molecular weight excluding hydrogens is 369 g/mol. The molecule has 144 valence electrons. The molecule has 0 aliphatic carbocycles. The summed E-state index contributed by atoms with van der Waals surface area (Å²) in [4.78, 5) is 23.1. The van der Waals surface area contributed by atoms with Crippen molar-refractivity contribution in [2.75, 3.05) is 13.1 Å². The van der Waals surface area contributed by atoms with Gasteiger partial charge < -0.3 is 4.90 Å². The van der Waals surface area contributed by atoms with Crippen LogP contribution in [0.25, 0.3) is 16.8 Å². The van der Waals surface area contributed by atoms with Gasteiger partial charge in [-0.25, -0.2) is 13.9 Å². The van der Waals surface area contributed by atoms with Crippen LogP contribution in [0, 0.1) is 5.82 Å². The Bertz CT molecular complexity index is 1190. The largest absolute Gasteiger partial charge is 0.338 e. The van der Waals surface area contributed by atoms with Crippen LogP contribution < -0.4 is 0 Å². The van der Waals surface area contributed by atoms with Gasteiger partial charge in [0.05, 0.1) is 5.56 Å². The van der Waals surface area contributed by atoms with Gasteiger partial charge in [-0.3, -0.25) is 9.78 Å². The van der Waals surface area contributed by atoms with E-state index in [-0.39, 0.29) is 17.4 Å². The molecular formula is C22H18FN5O. The lowest BCUT2D eigenvalue weighted by Crippen LogP contribution is -2.29. The second kappa shape index (κ2) is 7.09. The average Bonchev–Trinajstić information content (AvgIpc) is 3.41. The van der Waals surface area contributed by atoms with Crippen LogP contribution in [0.15, 0.2) is 67.1 Å². The summed E-state index contributed by atoms with van der Waals surface area (Å²) >= 11 is 0. The summed E-state index contributed by atoms with van der Waals surface area (Å²) in [7, 11) is 0. The maximum Gasteiger partial charge on any atom is 0.256 e. The van der Waals surface area contributed by atoms with Crippen LogP contribution in [0.3, 0.4) is 0 Å². The van der Waals surface area contributed by atoms with E-state index in [2.05, 4.69) is 15.1 Å². The van der Waals surface area contributed by atoms with Gasteiger partial charge in [0.25, 0.3) is 5.91 Å². The standard InChI is InChI=1S/C22H18FN5O/c23-19-6-2-1-5-18(19)22(29)27-11-9-17(13-27)21-25-20-8-7-16(14-28(20)26-21)15-4-3-10-24-12-15/h1-8,10,12,14,17H,9,11,13H2/t17-/m0/s1. The van der Waals surface area contributed by atoms with Gasteiger partial charge in [-0.2, -0.15) is 5.10 Å². The van der Waals surface area contributed by atoms with Crippen LogP contribution in [0.5, 0.6) is 0 Å². The maximum atomic E-state index is 14.0. The van der Waals surface area contributed by atoms with Gasteiger partial charge in [0.15, 0.2) is 11.5 Å². The summed E-state index contributed by atoms with van der Waals surface area (Å²) in [5, 5.41) is 4.64. The fourth-order valence-electron chi connectivity index (χ4n) is 3.74. The van der Waals surface area contributed by atoms with E-state index in [1.54, 1.807) is 27.7 Å². The molecule has 4 heterocycles. The van der Waals surface area contributed by atoms with Crippen molar-refractivity contribution in [2.24, 2.45) is 0 Å². The molecule has 3 aromatic heterocycles. The van der Waals surface area contributed by atoms with Crippen molar-refractivity contribution < 1.29 is 9.18 Å². The predicted molar refractivity (Wildman–Crippen MR) is 106 cm³/mol. The molecule has 4 aromatic rings. The molecule has 1 aromatic carbocycles. The van der Waals surface area contributed by atoms with Gasteiger partial charge in [-0.05, 0) is 36.8 Å². The highest BCUT2D eigenvalue weighted by molar-refractivity contribution is 5.94. The fraction of sp³-hybridized carbons (Fsp3) is 0.182. The lowest BCUT2D eigenvalue weighted by molar-refractivity contribution is 0.0786. The van der Waals surface area contributed by atoms with Crippen molar-refractivity contribution in [1.82, 2.24) is 24.5 Å². The van der Waals surface area contributed by atoms with Crippen LogP contribution in [0.1, 0.15) is 28.5 Å². The summed E-state index contributed by atoms with van der Waals surface area (Å²) in [6.45, 7) is 1.05. The van der Waals surface area contributed by atoms with E-state index in [0.717, 1.165) is 23.2 Å². The Morgan fingerprint density at radius 2 is 1.97 bits per heavy atom. The van der Waals surface area contributed by atoms with E-state index in [1.807, 2.05) is 36.7 Å². The van der Waals surface area contributed by atoms with Crippen molar-refractivity contribution in [3.8, 4) is 11.1 Å². The van der Waals surface area contributed by atoms with Crippen molar-refractivity contribution in [3.05, 3.63) is 84.3 Å². The first-order valence-electron chi connectivity index (χ1n) is 9.49. The molecule has 0 unspecified atom stereocenters. The second-order valence-electron chi connectivity index (χ2n) is 7.15. The molecule has 1 atom stereocenters. The smallest absolute Gasteiger partial charge is 0.256 e. The molecule has 1 saturated heterocycles. The third-order valence-corrected chi connectivity index (χ3v) is 5.29. The Kier molecular flexibility index (Phi) is 4.27. The third-order valence-electron chi connectivity index (χ3n) is 5.29. The molecule has 0 bridgehead atoms. The number of halogens is 1. The SMILES string of the molecule is O=C(c1ccccc1F)N1CC[C@H](c2nc3ccc(-c4cccnc4)cn3n2)C1. The minimum absolute atomic E-state index is 0.0347. The number of hydrogen-bond donors (Lipinski definition) is 0. The normalized spacial score (nSPS) is 16.4. The number of fused-ring (bicyclic) bond motifs is 1. The van der Waals surface area contributed by atoms with Gasteiger partial charge in [0.1, 0.15) is 5.82 Å². The lowest BCUT2D eigenvalue weighted by atomic mass is 10.1. The van der Waals surface area contributed by atoms with Crippen molar-refractivity contribution in [2.45, 2.75) is 12.3 Å². The van der Waals surface area contributed by atoms with Crippen molar-refractivity contribution >= 4 is 11.6 Å². The van der Waals surface area contributed by atoms with Crippen LogP contribution in [-0.2, 0) is 0 Å². The maximum absolute atomic E-state index is 14.0. The number of aromatic nitrogens is 4. The number of benzene rings is 1. The van der Waals surface area contributed by atoms with Gasteiger partial charge >= 0.3 is 0 Å². The van der Waals surface area contributed by atoms with Gasteiger partial charge in [0.2, 0.25) is 0 Å². The number of carbonyl (C=O) groups is 1. The molecule has 0 saturated carbocycles. The zero-order chi connectivity index (χ0) is 19.8. The highest BCUT2D eigenvalue weighted by atomic mass is 19.1. The lowest BCUT2D eigenvalue weighted by Gasteiger charge is -2.16. The number of amides is 1. The first-order valence-corrected chi connectivity index (χ1v) is 9.49. The van der Waals surface area contributed by atoms with E-state index in [4.69, 9.17) is 0 Å². The summed E-state index contributed by atoms with van der Waals surface area (Å²) in [6, 6.07) is 13.9. The Hall–Kier alpha value is -3.61. The third kappa shape index (κ3) is 3.24. The van der Waals surface area contributed by atoms with Crippen molar-refractivity contribution in [3.63, 3.8) is 0 Å². The first-order chi connectivity index (χ1) is 14.2. The number of pyridine rings is 2. The first kappa shape index (κ1) is 17.5. The van der Waals surface area contributed by atoms with Gasteiger partial charge in [0, 0.05) is 48.7 Å². The molecule has 0 N–H and O–H groups in total. The van der Waals surface area contributed by atoms with E-state index in [0.29, 0.717) is 18.9 Å². The summed E-state index contributed by atoms with van der Waals surface area (Å²) in [5.41, 5.74) is 2.88. The molecule has 0 spiro atoms. The summed E-state index contributed by atoms with van der Waals surface area (Å²) in [6.07, 6.45) is 6.23. The molecule has 0 radical (unpaired) electrons. The van der Waals surface area contributed by atoms with Crippen LogP contribution in [0.4, 0.5) is 4.39 Å². The molecule has 1 amide bonds. The minimum Gasteiger partial charge on any atom is -0.338 e. The molecule has 1 fully saturated rings. The Labute approximate surface area is 166 Å². The second-order valence-corrected chi connectivity index (χ2v) is 7.15. The molecule has 1 aliphatic heterocycles. The van der Waals surface area contributed by atoms with Crippen LogP contribution in [0.2, 0.25) is 0 Å². The molecule has 6 nitrogen and oxygen atoms in total. The number of carbonyl (C=O) groups excluding carboxylic acids is 1. The van der Waals surface area contributed by atoms with E-state index in [9.17, 15) is 9.18 Å². The van der Waals surface area contributed by atoms with E-state index < -0.39 is 5.82 Å². The fourth-order valence-corrected chi connectivity index (χ4v) is 3.74. The quantitative estimate of drug-likeness (QED) is 0.539. The summed E-state index contributed by atoms with van der Waals surface area (Å²) in [5.74, 6) is -0.0346. The van der Waals surface area contributed by atoms with Crippen LogP contribution >= 0.6 is 0 Å². The molecule has 5 rings (SSSR count). The van der Waals surface area contributed by atoms with Gasteiger partial charge in [-0.1, -0.05) is 18.2 Å². The zero-order valence-electron chi connectivity index (χ0n) is 15.6. The topological polar surface area (TPSA) is 63.4 Å². The number of likely N-dealkylation sites (tertiary alicyclic amines) is 1. The average molecular weight is 387 g/mol. The van der Waals surface area contributed by atoms with Crippen LogP contribution in [-0.4, -0.2) is 43.5 Å². The number of nitrogens with zero attached hydrogens (tertiary/aromatic N) is 5. The highest BCUT2D eigenvalue weighted by Gasteiger charge is 2.31. The molecule has 1 aliphatic rings. The molecule has 7 heteroatoms. The zero-order valence-corrected chi connectivity index (χ0v) is 15.6. The number of hydrogen-bond acceptors (Lipinski definition) is 4. The van der Waals surface area contributed by atoms with Gasteiger partial charge in [-0.15, -0.1) is 0 Å². The van der Waals surface area contributed by atoms with E-state index in [1.165, 1.54) is 12.1 Å². The Balaban J connectivity index is 1.38. The predicted octanol–water partition coefficient (Wildman–Crippen LogP) is 3.56.